The molecular weight excluding hydrogens is 594 g/mol. The van der Waals surface area contributed by atoms with Crippen LogP contribution < -0.4 is 0 Å². The van der Waals surface area contributed by atoms with Gasteiger partial charge in [-0.3, -0.25) is 19.3 Å². The first-order valence-electron chi connectivity index (χ1n) is 14.2. The molecule has 2 heterocycles. The van der Waals surface area contributed by atoms with E-state index in [-0.39, 0.29) is 53.1 Å². The van der Waals surface area contributed by atoms with Crippen molar-refractivity contribution < 1.29 is 36.0 Å². The summed E-state index contributed by atoms with van der Waals surface area (Å²) in [5.41, 5.74) is 1.37. The van der Waals surface area contributed by atoms with E-state index >= 15 is 0 Å². The van der Waals surface area contributed by atoms with Gasteiger partial charge in [-0.1, -0.05) is 24.3 Å². The molecule has 2 aliphatic rings. The molecule has 0 radical (unpaired) electrons. The standard InChI is InChI=1S/C30H39N3O8S2/c1-22(34)31-15-16-33(29(35)17-23-6-10-27(11-7-23)42(2,37)38)26(19-31)20-32-14-4-5-25(32)21-41-30(36)18-24-8-12-28(13-9-24)43(3,39)40/h6-13,25-26H,4-5,14-21H2,1-3H3. The van der Waals surface area contributed by atoms with Gasteiger partial charge in [0, 0.05) is 51.7 Å². The number of ether oxygens (including phenoxy) is 1. The highest BCUT2D eigenvalue weighted by molar-refractivity contribution is 7.91. The Bertz CT molecular complexity index is 1540. The summed E-state index contributed by atoms with van der Waals surface area (Å²) in [7, 11) is -6.65. The smallest absolute Gasteiger partial charge is 0.310 e. The molecule has 2 atom stereocenters. The second-order valence-corrected chi connectivity index (χ2v) is 15.4. The number of benzene rings is 2. The molecule has 0 spiro atoms. The molecule has 234 valence electrons. The first-order valence-corrected chi connectivity index (χ1v) is 18.0. The average molecular weight is 634 g/mol. The van der Waals surface area contributed by atoms with Crippen molar-refractivity contribution in [2.45, 2.75) is 54.5 Å². The predicted molar refractivity (Wildman–Crippen MR) is 160 cm³/mol. The lowest BCUT2D eigenvalue weighted by Gasteiger charge is -2.43. The van der Waals surface area contributed by atoms with Crippen LogP contribution in [0.25, 0.3) is 0 Å². The fraction of sp³-hybridized carbons (Fsp3) is 0.500. The molecule has 2 aromatic carbocycles. The van der Waals surface area contributed by atoms with Gasteiger partial charge in [-0.15, -0.1) is 0 Å². The van der Waals surface area contributed by atoms with Crippen LogP contribution >= 0.6 is 0 Å². The van der Waals surface area contributed by atoms with Crippen molar-refractivity contribution in [3.8, 4) is 0 Å². The van der Waals surface area contributed by atoms with E-state index in [1.54, 1.807) is 29.2 Å². The van der Waals surface area contributed by atoms with Crippen LogP contribution in [-0.2, 0) is 51.6 Å². The highest BCUT2D eigenvalue weighted by atomic mass is 32.2. The number of rotatable bonds is 10. The zero-order chi connectivity index (χ0) is 31.4. The number of sulfone groups is 2. The Kier molecular flexibility index (Phi) is 10.3. The molecule has 0 bridgehead atoms. The molecule has 2 unspecified atom stereocenters. The molecule has 2 fully saturated rings. The van der Waals surface area contributed by atoms with Crippen LogP contribution in [0, 0.1) is 0 Å². The summed E-state index contributed by atoms with van der Waals surface area (Å²) in [6, 6.07) is 12.2. The zero-order valence-electron chi connectivity index (χ0n) is 24.8. The SMILES string of the molecule is CC(=O)N1CCN(C(=O)Cc2ccc(S(C)(=O)=O)cc2)C(CN2CCCC2COC(=O)Cc2ccc(S(C)(=O)=O)cc2)C1. The van der Waals surface area contributed by atoms with Gasteiger partial charge >= 0.3 is 5.97 Å². The molecule has 0 N–H and O–H groups in total. The molecule has 2 saturated heterocycles. The third-order valence-corrected chi connectivity index (χ3v) is 10.3. The first kappa shape index (κ1) is 32.6. The van der Waals surface area contributed by atoms with Crippen LogP contribution in [0.2, 0.25) is 0 Å². The molecular formula is C30H39N3O8S2. The minimum absolute atomic E-state index is 0.0234. The quantitative estimate of drug-likeness (QED) is 0.355. The van der Waals surface area contributed by atoms with Crippen LogP contribution in [-0.4, -0.2) is 113 Å². The normalized spacial score (nSPS) is 19.8. The van der Waals surface area contributed by atoms with Gasteiger partial charge in [0.25, 0.3) is 0 Å². The minimum Gasteiger partial charge on any atom is -0.464 e. The Morgan fingerprint density at radius 1 is 0.791 bits per heavy atom. The van der Waals surface area contributed by atoms with Gasteiger partial charge in [-0.05, 0) is 54.8 Å². The molecule has 43 heavy (non-hydrogen) atoms. The van der Waals surface area contributed by atoms with Crippen LogP contribution in [0.1, 0.15) is 30.9 Å². The summed E-state index contributed by atoms with van der Waals surface area (Å²) in [5, 5.41) is 0. The maximum atomic E-state index is 13.4. The number of hydrogen-bond acceptors (Lipinski definition) is 9. The van der Waals surface area contributed by atoms with Crippen molar-refractivity contribution in [3.05, 3.63) is 59.7 Å². The molecule has 2 aliphatic heterocycles. The maximum absolute atomic E-state index is 13.4. The van der Waals surface area contributed by atoms with Crippen LogP contribution in [0.15, 0.2) is 58.3 Å². The van der Waals surface area contributed by atoms with E-state index in [1.165, 1.54) is 31.2 Å². The van der Waals surface area contributed by atoms with Crippen molar-refractivity contribution in [3.63, 3.8) is 0 Å². The van der Waals surface area contributed by atoms with E-state index in [1.807, 2.05) is 4.90 Å². The van der Waals surface area contributed by atoms with Gasteiger partial charge in [0.15, 0.2) is 19.7 Å². The van der Waals surface area contributed by atoms with E-state index in [2.05, 4.69) is 4.90 Å². The summed E-state index contributed by atoms with van der Waals surface area (Å²) in [5.74, 6) is -0.549. The van der Waals surface area contributed by atoms with E-state index in [9.17, 15) is 31.2 Å². The van der Waals surface area contributed by atoms with Crippen molar-refractivity contribution in [2.24, 2.45) is 0 Å². The third-order valence-electron chi connectivity index (χ3n) is 8.04. The fourth-order valence-electron chi connectivity index (χ4n) is 5.61. The number of esters is 1. The van der Waals surface area contributed by atoms with E-state index in [0.717, 1.165) is 31.9 Å². The number of carbonyl (C=O) groups is 3. The monoisotopic (exact) mass is 633 g/mol. The predicted octanol–water partition coefficient (Wildman–Crippen LogP) is 1.35. The van der Waals surface area contributed by atoms with Gasteiger partial charge in [-0.2, -0.15) is 0 Å². The van der Waals surface area contributed by atoms with Crippen LogP contribution in [0.3, 0.4) is 0 Å². The highest BCUT2D eigenvalue weighted by Gasteiger charge is 2.35. The maximum Gasteiger partial charge on any atom is 0.310 e. The Labute approximate surface area is 253 Å². The lowest BCUT2D eigenvalue weighted by molar-refractivity contribution is -0.145. The molecule has 2 amide bonds. The first-order chi connectivity index (χ1) is 20.2. The average Bonchev–Trinajstić information content (AvgIpc) is 3.38. The number of nitrogens with zero attached hydrogens (tertiary/aromatic N) is 3. The Hall–Kier alpha value is -3.29. The summed E-state index contributed by atoms with van der Waals surface area (Å²) < 4.78 is 52.5. The van der Waals surface area contributed by atoms with Crippen molar-refractivity contribution in [2.75, 3.05) is 51.8 Å². The van der Waals surface area contributed by atoms with Crippen molar-refractivity contribution >= 4 is 37.5 Å². The second-order valence-electron chi connectivity index (χ2n) is 11.4. The second kappa shape index (κ2) is 13.6. The van der Waals surface area contributed by atoms with E-state index < -0.39 is 25.6 Å². The van der Waals surface area contributed by atoms with Crippen LogP contribution in [0.5, 0.6) is 0 Å². The number of hydrogen-bond donors (Lipinski definition) is 0. The lowest BCUT2D eigenvalue weighted by atomic mass is 10.1. The summed E-state index contributed by atoms with van der Waals surface area (Å²) in [4.78, 5) is 44.4. The van der Waals surface area contributed by atoms with Gasteiger partial charge in [-0.25, -0.2) is 16.8 Å². The van der Waals surface area contributed by atoms with E-state index in [0.29, 0.717) is 37.3 Å². The van der Waals surface area contributed by atoms with E-state index in [4.69, 9.17) is 4.74 Å². The molecule has 4 rings (SSSR count). The molecule has 0 saturated carbocycles. The third kappa shape index (κ3) is 8.87. The molecule has 0 aromatic heterocycles. The van der Waals surface area contributed by atoms with Gasteiger partial charge < -0.3 is 14.5 Å². The summed E-state index contributed by atoms with van der Waals surface area (Å²) >= 11 is 0. The Morgan fingerprint density at radius 2 is 1.35 bits per heavy atom. The van der Waals surface area contributed by atoms with Crippen LogP contribution in [0.4, 0.5) is 0 Å². The van der Waals surface area contributed by atoms with Crippen molar-refractivity contribution in [1.29, 1.82) is 0 Å². The molecule has 0 aliphatic carbocycles. The molecule has 11 nitrogen and oxygen atoms in total. The van der Waals surface area contributed by atoms with Gasteiger partial charge in [0.1, 0.15) is 6.61 Å². The number of amides is 2. The largest absolute Gasteiger partial charge is 0.464 e. The Balaban J connectivity index is 1.37. The molecule has 13 heteroatoms. The number of carbonyl (C=O) groups excluding carboxylic acids is 3. The topological polar surface area (TPSA) is 138 Å². The highest BCUT2D eigenvalue weighted by Crippen LogP contribution is 2.22. The fourth-order valence-corrected chi connectivity index (χ4v) is 6.87. The Morgan fingerprint density at radius 3 is 1.88 bits per heavy atom. The zero-order valence-corrected chi connectivity index (χ0v) is 26.4. The number of piperazine rings is 1. The molecule has 2 aromatic rings. The summed E-state index contributed by atoms with van der Waals surface area (Å²) in [6.45, 7) is 4.26. The lowest BCUT2D eigenvalue weighted by Crippen LogP contribution is -2.60. The summed E-state index contributed by atoms with van der Waals surface area (Å²) in [6.07, 6.45) is 4.16. The van der Waals surface area contributed by atoms with Gasteiger partial charge in [0.05, 0.1) is 28.7 Å². The van der Waals surface area contributed by atoms with Crippen molar-refractivity contribution in [1.82, 2.24) is 14.7 Å². The van der Waals surface area contributed by atoms with Gasteiger partial charge in [0.2, 0.25) is 11.8 Å². The minimum atomic E-state index is -3.33. The number of likely N-dealkylation sites (tertiary alicyclic amines) is 1.